The molecule has 146 valence electrons. The average molecular weight is 425 g/mol. The summed E-state index contributed by atoms with van der Waals surface area (Å²) in [7, 11) is 1.67. The zero-order valence-corrected chi connectivity index (χ0v) is 17.4. The predicted molar refractivity (Wildman–Crippen MR) is 117 cm³/mol. The molecular weight excluding hydrogens is 408 g/mol. The minimum atomic E-state index is -0.378. The highest BCUT2D eigenvalue weighted by molar-refractivity contribution is 7.19. The van der Waals surface area contributed by atoms with Crippen molar-refractivity contribution < 1.29 is 4.79 Å². The number of thiazole rings is 1. The summed E-state index contributed by atoms with van der Waals surface area (Å²) in [6, 6.07) is 16.5. The molecule has 6 nitrogen and oxygen atoms in total. The lowest BCUT2D eigenvalue weighted by Crippen LogP contribution is -2.35. The van der Waals surface area contributed by atoms with Gasteiger partial charge in [-0.2, -0.15) is 5.10 Å². The average Bonchev–Trinajstić information content (AvgIpc) is 3.13. The summed E-state index contributed by atoms with van der Waals surface area (Å²) >= 11 is 7.41. The Kier molecular flexibility index (Phi) is 5.17. The molecule has 4 rings (SSSR count). The van der Waals surface area contributed by atoms with E-state index in [1.807, 2.05) is 49.4 Å². The maximum Gasteiger partial charge on any atom is 0.294 e. The van der Waals surface area contributed by atoms with Crippen molar-refractivity contribution in [3.05, 3.63) is 75.0 Å². The van der Waals surface area contributed by atoms with E-state index in [1.165, 1.54) is 20.9 Å². The number of likely N-dealkylation sites (N-methyl/N-ethyl adjacent to an activating group) is 1. The van der Waals surface area contributed by atoms with Gasteiger partial charge in [0.25, 0.3) is 5.56 Å². The summed E-state index contributed by atoms with van der Waals surface area (Å²) < 4.78 is 1.89. The molecule has 0 aliphatic carbocycles. The number of aromatic nitrogens is 3. The Morgan fingerprint density at radius 2 is 1.83 bits per heavy atom. The van der Waals surface area contributed by atoms with Gasteiger partial charge in [0.15, 0.2) is 5.52 Å². The van der Waals surface area contributed by atoms with E-state index in [4.69, 9.17) is 11.6 Å². The number of carbonyl (C=O) groups is 1. The molecule has 2 aromatic carbocycles. The number of hydrogen-bond acceptors (Lipinski definition) is 5. The highest BCUT2D eigenvalue weighted by Gasteiger charge is 2.19. The van der Waals surface area contributed by atoms with Crippen LogP contribution in [0.2, 0.25) is 5.02 Å². The summed E-state index contributed by atoms with van der Waals surface area (Å²) in [5, 5.41) is 5.89. The first-order chi connectivity index (χ1) is 13.9. The minimum absolute atomic E-state index is 0.183. The predicted octanol–water partition coefficient (Wildman–Crippen LogP) is 4.14. The van der Waals surface area contributed by atoms with Crippen LogP contribution in [-0.4, -0.2) is 27.7 Å². The third kappa shape index (κ3) is 3.79. The quantitative estimate of drug-likeness (QED) is 0.493. The first-order valence-corrected chi connectivity index (χ1v) is 10.1. The van der Waals surface area contributed by atoms with E-state index in [9.17, 15) is 9.59 Å². The molecular formula is C21H17ClN4O2S. The molecule has 0 spiro atoms. The second kappa shape index (κ2) is 7.77. The number of hydrogen-bond donors (Lipinski definition) is 0. The van der Waals surface area contributed by atoms with Crippen molar-refractivity contribution in [2.45, 2.75) is 13.5 Å². The van der Waals surface area contributed by atoms with E-state index >= 15 is 0 Å². The molecule has 0 unspecified atom stereocenters. The summed E-state index contributed by atoms with van der Waals surface area (Å²) in [5.74, 6) is -0.251. The van der Waals surface area contributed by atoms with E-state index < -0.39 is 0 Å². The second-order valence-electron chi connectivity index (χ2n) is 6.52. The Bertz CT molecular complexity index is 1250. The van der Waals surface area contributed by atoms with Crippen molar-refractivity contribution in [2.24, 2.45) is 0 Å². The van der Waals surface area contributed by atoms with Gasteiger partial charge < -0.3 is 4.90 Å². The lowest BCUT2D eigenvalue weighted by Gasteiger charge is -2.17. The third-order valence-corrected chi connectivity index (χ3v) is 5.76. The molecule has 4 aromatic rings. The van der Waals surface area contributed by atoms with Crippen LogP contribution in [-0.2, 0) is 11.3 Å². The van der Waals surface area contributed by atoms with Gasteiger partial charge in [0, 0.05) is 23.3 Å². The fraction of sp³-hybridized carbons (Fsp3) is 0.143. The molecule has 8 heteroatoms. The van der Waals surface area contributed by atoms with Crippen molar-refractivity contribution in [1.29, 1.82) is 0 Å². The fourth-order valence-corrected chi connectivity index (χ4v) is 4.04. The topological polar surface area (TPSA) is 68.1 Å². The van der Waals surface area contributed by atoms with Crippen LogP contribution >= 0.6 is 22.9 Å². The summed E-state index contributed by atoms with van der Waals surface area (Å²) in [4.78, 5) is 31.6. The van der Waals surface area contributed by atoms with E-state index in [-0.39, 0.29) is 18.0 Å². The smallest absolute Gasteiger partial charge is 0.294 e. The second-order valence-corrected chi connectivity index (χ2v) is 8.16. The highest BCUT2D eigenvalue weighted by atomic mass is 35.5. The van der Waals surface area contributed by atoms with Gasteiger partial charge in [-0.3, -0.25) is 9.59 Å². The van der Waals surface area contributed by atoms with Gasteiger partial charge in [0.1, 0.15) is 12.2 Å². The largest absolute Gasteiger partial charge is 0.314 e. The van der Waals surface area contributed by atoms with Crippen molar-refractivity contribution >= 4 is 44.7 Å². The number of rotatable bonds is 4. The fourth-order valence-electron chi connectivity index (χ4n) is 3.00. The summed E-state index contributed by atoms with van der Waals surface area (Å²) in [6.07, 6.45) is 0. The molecule has 0 saturated heterocycles. The molecule has 0 N–H and O–H groups in total. The first-order valence-electron chi connectivity index (χ1n) is 8.90. The van der Waals surface area contributed by atoms with Crippen molar-refractivity contribution in [2.75, 3.05) is 11.9 Å². The molecule has 1 amide bonds. The number of amides is 1. The molecule has 0 radical (unpaired) electrons. The first kappa shape index (κ1) is 19.3. The molecule has 0 bridgehead atoms. The third-order valence-electron chi connectivity index (χ3n) is 4.53. The van der Waals surface area contributed by atoms with Gasteiger partial charge in [-0.05, 0) is 31.2 Å². The molecule has 0 fully saturated rings. The number of anilines is 1. The van der Waals surface area contributed by atoms with Gasteiger partial charge >= 0.3 is 0 Å². The maximum absolute atomic E-state index is 12.9. The Morgan fingerprint density at radius 3 is 2.52 bits per heavy atom. The van der Waals surface area contributed by atoms with Crippen molar-refractivity contribution in [3.8, 4) is 11.3 Å². The molecule has 2 heterocycles. The molecule has 2 aromatic heterocycles. The number of benzene rings is 2. The van der Waals surface area contributed by atoms with Crippen molar-refractivity contribution in [1.82, 2.24) is 14.8 Å². The Morgan fingerprint density at radius 1 is 1.14 bits per heavy atom. The maximum atomic E-state index is 12.9. The Hall–Kier alpha value is -3.03. The van der Waals surface area contributed by atoms with Crippen LogP contribution in [0.25, 0.3) is 21.5 Å². The molecule has 29 heavy (non-hydrogen) atoms. The van der Waals surface area contributed by atoms with E-state index in [0.29, 0.717) is 20.9 Å². The number of carbonyl (C=O) groups excluding carboxylic acids is 1. The van der Waals surface area contributed by atoms with Crippen LogP contribution in [0.15, 0.2) is 59.4 Å². The van der Waals surface area contributed by atoms with Gasteiger partial charge in [0.05, 0.1) is 9.71 Å². The lowest BCUT2D eigenvalue weighted by molar-refractivity contribution is -0.119. The van der Waals surface area contributed by atoms with Crippen LogP contribution in [0.4, 0.5) is 5.69 Å². The summed E-state index contributed by atoms with van der Waals surface area (Å²) in [5.41, 5.74) is 2.10. The molecule has 0 aliphatic rings. The number of nitrogens with zero attached hydrogens (tertiary/aromatic N) is 4. The van der Waals surface area contributed by atoms with E-state index in [1.54, 1.807) is 19.2 Å². The number of halogens is 1. The number of aryl methyl sites for hydroxylation is 1. The molecule has 0 aliphatic heterocycles. The van der Waals surface area contributed by atoms with Crippen LogP contribution in [0.1, 0.15) is 5.01 Å². The number of fused-ring (bicyclic) bond motifs is 1. The standard InChI is InChI=1S/C21H17ClN4O2S/c1-13-23-19-20(29-13)18(14-8-10-15(22)11-9-14)24-26(21(19)28)12-17(27)25(2)16-6-4-3-5-7-16/h3-11H,12H2,1-2H3. The monoisotopic (exact) mass is 424 g/mol. The van der Waals surface area contributed by atoms with Gasteiger partial charge in [-0.15, -0.1) is 11.3 Å². The SMILES string of the molecule is Cc1nc2c(=O)n(CC(=O)N(C)c3ccccc3)nc(-c3ccc(Cl)cc3)c2s1. The van der Waals surface area contributed by atoms with Gasteiger partial charge in [-0.1, -0.05) is 41.9 Å². The lowest BCUT2D eigenvalue weighted by atomic mass is 10.1. The van der Waals surface area contributed by atoms with Crippen LogP contribution in [0, 0.1) is 6.92 Å². The summed E-state index contributed by atoms with van der Waals surface area (Å²) in [6.45, 7) is 1.66. The molecule has 0 atom stereocenters. The Labute approximate surface area is 176 Å². The van der Waals surface area contributed by atoms with Gasteiger partial charge in [0.2, 0.25) is 5.91 Å². The zero-order valence-electron chi connectivity index (χ0n) is 15.8. The minimum Gasteiger partial charge on any atom is -0.314 e. The van der Waals surface area contributed by atoms with E-state index in [0.717, 1.165) is 16.3 Å². The number of para-hydroxylation sites is 1. The van der Waals surface area contributed by atoms with Crippen molar-refractivity contribution in [3.63, 3.8) is 0 Å². The Balaban J connectivity index is 1.78. The normalized spacial score (nSPS) is 11.0. The van der Waals surface area contributed by atoms with Gasteiger partial charge in [-0.25, -0.2) is 9.67 Å². The van der Waals surface area contributed by atoms with Crippen LogP contribution in [0.5, 0.6) is 0 Å². The van der Waals surface area contributed by atoms with E-state index in [2.05, 4.69) is 10.1 Å². The highest BCUT2D eigenvalue weighted by Crippen LogP contribution is 2.30. The van der Waals surface area contributed by atoms with Crippen LogP contribution in [0.3, 0.4) is 0 Å². The zero-order chi connectivity index (χ0) is 20.5. The molecule has 0 saturated carbocycles. The van der Waals surface area contributed by atoms with Crippen LogP contribution < -0.4 is 10.5 Å².